The number of hydrogen-bond acceptors (Lipinski definition) is 2. The van der Waals surface area contributed by atoms with Gasteiger partial charge in [-0.15, -0.1) is 0 Å². The predicted molar refractivity (Wildman–Crippen MR) is 84.7 cm³/mol. The van der Waals surface area contributed by atoms with Gasteiger partial charge in [0.1, 0.15) is 4.99 Å². The Kier molecular flexibility index (Phi) is 4.91. The van der Waals surface area contributed by atoms with Crippen molar-refractivity contribution >= 4 is 17.2 Å². The van der Waals surface area contributed by atoms with Gasteiger partial charge >= 0.3 is 0 Å². The number of thiocarbonyl (C=S) groups is 1. The van der Waals surface area contributed by atoms with Gasteiger partial charge in [0.25, 0.3) is 5.56 Å². The van der Waals surface area contributed by atoms with Crippen molar-refractivity contribution in [2.45, 2.75) is 53.0 Å². The van der Waals surface area contributed by atoms with Crippen LogP contribution in [0.1, 0.15) is 52.3 Å². The first kappa shape index (κ1) is 15.9. The second kappa shape index (κ2) is 5.87. The van der Waals surface area contributed by atoms with E-state index in [1.54, 1.807) is 6.07 Å². The van der Waals surface area contributed by atoms with Gasteiger partial charge in [0.05, 0.1) is 5.56 Å². The smallest absolute Gasteiger partial charge is 0.261 e. The lowest BCUT2D eigenvalue weighted by Crippen LogP contribution is -2.34. The van der Waals surface area contributed by atoms with Gasteiger partial charge in [-0.3, -0.25) is 4.79 Å². The maximum Gasteiger partial charge on any atom is 0.261 e. The molecular weight excluding hydrogens is 256 g/mol. The third kappa shape index (κ3) is 3.90. The second-order valence-electron chi connectivity index (χ2n) is 6.39. The standard InChI is InChI=1S/C15H24N2OS/c1-10(2)8-9-17-12(15(3,4)5)7-6-11(13(16)19)14(17)18/h6-7,10H,8-9H2,1-5H3,(H2,16,19). The molecule has 0 aliphatic heterocycles. The molecule has 0 radical (unpaired) electrons. The van der Waals surface area contributed by atoms with Crippen molar-refractivity contribution in [2.75, 3.05) is 0 Å². The number of aromatic nitrogens is 1. The summed E-state index contributed by atoms with van der Waals surface area (Å²) in [6.07, 6.45) is 0.962. The SMILES string of the molecule is CC(C)CCn1c(C(C)(C)C)ccc(C(N)=S)c1=O. The molecule has 106 valence electrons. The number of pyridine rings is 1. The van der Waals surface area contributed by atoms with Gasteiger partial charge in [-0.2, -0.15) is 0 Å². The molecule has 2 N–H and O–H groups in total. The molecule has 0 bridgehead atoms. The lowest BCUT2D eigenvalue weighted by atomic mass is 9.90. The average Bonchev–Trinajstić information content (AvgIpc) is 2.24. The van der Waals surface area contributed by atoms with Crippen LogP contribution in [0.5, 0.6) is 0 Å². The Morgan fingerprint density at radius 3 is 2.37 bits per heavy atom. The van der Waals surface area contributed by atoms with E-state index in [2.05, 4.69) is 34.6 Å². The fourth-order valence-electron chi connectivity index (χ4n) is 2.03. The van der Waals surface area contributed by atoms with Crippen LogP contribution in [-0.4, -0.2) is 9.56 Å². The molecule has 4 heteroatoms. The van der Waals surface area contributed by atoms with E-state index >= 15 is 0 Å². The highest BCUT2D eigenvalue weighted by Gasteiger charge is 2.20. The number of nitrogens with two attached hydrogens (primary N) is 1. The zero-order chi connectivity index (χ0) is 14.8. The van der Waals surface area contributed by atoms with Crippen LogP contribution < -0.4 is 11.3 Å². The molecule has 0 aliphatic rings. The fourth-order valence-corrected chi connectivity index (χ4v) is 2.19. The largest absolute Gasteiger partial charge is 0.389 e. The second-order valence-corrected chi connectivity index (χ2v) is 6.83. The van der Waals surface area contributed by atoms with Gasteiger partial charge in [-0.05, 0) is 24.5 Å². The molecule has 0 unspecified atom stereocenters. The average molecular weight is 280 g/mol. The van der Waals surface area contributed by atoms with Gasteiger partial charge in [0, 0.05) is 17.7 Å². The monoisotopic (exact) mass is 280 g/mol. The summed E-state index contributed by atoms with van der Waals surface area (Å²) in [4.78, 5) is 12.7. The van der Waals surface area contributed by atoms with E-state index in [0.29, 0.717) is 18.0 Å². The van der Waals surface area contributed by atoms with Gasteiger partial charge < -0.3 is 10.3 Å². The molecule has 0 aliphatic carbocycles. The molecule has 0 saturated heterocycles. The molecule has 0 saturated carbocycles. The molecule has 0 amide bonds. The molecule has 0 atom stereocenters. The normalized spacial score (nSPS) is 11.9. The summed E-state index contributed by atoms with van der Waals surface area (Å²) in [5, 5.41) is 0. The Morgan fingerprint density at radius 2 is 1.95 bits per heavy atom. The number of hydrogen-bond donors (Lipinski definition) is 1. The first-order chi connectivity index (χ1) is 8.64. The zero-order valence-corrected chi connectivity index (χ0v) is 13.3. The minimum absolute atomic E-state index is 0.0689. The third-order valence-corrected chi connectivity index (χ3v) is 3.36. The summed E-state index contributed by atoms with van der Waals surface area (Å²) < 4.78 is 1.83. The maximum atomic E-state index is 12.5. The van der Waals surface area contributed by atoms with Crippen LogP contribution in [0.4, 0.5) is 0 Å². The first-order valence-corrected chi connectivity index (χ1v) is 7.09. The molecule has 1 aromatic rings. The van der Waals surface area contributed by atoms with E-state index in [-0.39, 0.29) is 16.0 Å². The number of rotatable bonds is 4. The first-order valence-electron chi connectivity index (χ1n) is 6.68. The van der Waals surface area contributed by atoms with E-state index < -0.39 is 0 Å². The van der Waals surface area contributed by atoms with Crippen molar-refractivity contribution in [1.82, 2.24) is 4.57 Å². The summed E-state index contributed by atoms with van der Waals surface area (Å²) in [6.45, 7) is 11.3. The van der Waals surface area contributed by atoms with Crippen LogP contribution >= 0.6 is 12.2 Å². The van der Waals surface area contributed by atoms with Gasteiger partial charge in [-0.1, -0.05) is 46.8 Å². The lowest BCUT2D eigenvalue weighted by molar-refractivity contribution is 0.455. The highest BCUT2D eigenvalue weighted by Crippen LogP contribution is 2.21. The van der Waals surface area contributed by atoms with Gasteiger partial charge in [0.15, 0.2) is 0 Å². The van der Waals surface area contributed by atoms with E-state index in [1.165, 1.54) is 0 Å². The molecule has 1 aromatic heterocycles. The van der Waals surface area contributed by atoms with E-state index in [4.69, 9.17) is 18.0 Å². The predicted octanol–water partition coefficient (Wildman–Crippen LogP) is 2.83. The summed E-state index contributed by atoms with van der Waals surface area (Å²) in [7, 11) is 0. The molecule has 3 nitrogen and oxygen atoms in total. The molecule has 1 heterocycles. The molecule has 1 rings (SSSR count). The van der Waals surface area contributed by atoms with Crippen molar-refractivity contribution in [3.8, 4) is 0 Å². The Hall–Kier alpha value is -1.16. The van der Waals surface area contributed by atoms with E-state index in [0.717, 1.165) is 12.1 Å². The lowest BCUT2D eigenvalue weighted by Gasteiger charge is -2.25. The maximum absolute atomic E-state index is 12.5. The van der Waals surface area contributed by atoms with Crippen molar-refractivity contribution < 1.29 is 0 Å². The highest BCUT2D eigenvalue weighted by atomic mass is 32.1. The minimum atomic E-state index is -0.0785. The van der Waals surface area contributed by atoms with Crippen LogP contribution in [0.2, 0.25) is 0 Å². The van der Waals surface area contributed by atoms with Crippen molar-refractivity contribution in [3.05, 3.63) is 33.7 Å². The number of nitrogens with zero attached hydrogens (tertiary/aromatic N) is 1. The molecule has 0 aromatic carbocycles. The summed E-state index contributed by atoms with van der Waals surface area (Å²) >= 11 is 4.95. The summed E-state index contributed by atoms with van der Waals surface area (Å²) in [5.74, 6) is 0.549. The molecule has 19 heavy (non-hydrogen) atoms. The molecular formula is C15H24N2OS. The van der Waals surface area contributed by atoms with Crippen LogP contribution in [0, 0.1) is 5.92 Å². The Labute approximate surface area is 120 Å². The Morgan fingerprint density at radius 1 is 1.37 bits per heavy atom. The summed E-state index contributed by atoms with van der Waals surface area (Å²) in [5.41, 5.74) is 6.93. The fraction of sp³-hybridized carbons (Fsp3) is 0.600. The van der Waals surface area contributed by atoms with E-state index in [9.17, 15) is 4.79 Å². The zero-order valence-electron chi connectivity index (χ0n) is 12.5. The Balaban J connectivity index is 3.38. The van der Waals surface area contributed by atoms with Crippen molar-refractivity contribution in [1.29, 1.82) is 0 Å². The van der Waals surface area contributed by atoms with Crippen molar-refractivity contribution in [3.63, 3.8) is 0 Å². The third-order valence-electron chi connectivity index (χ3n) is 3.14. The topological polar surface area (TPSA) is 48.0 Å². The van der Waals surface area contributed by atoms with Gasteiger partial charge in [0.2, 0.25) is 0 Å². The minimum Gasteiger partial charge on any atom is -0.389 e. The van der Waals surface area contributed by atoms with Crippen LogP contribution in [-0.2, 0) is 12.0 Å². The van der Waals surface area contributed by atoms with Crippen LogP contribution in [0.15, 0.2) is 16.9 Å². The Bertz CT molecular complexity index is 524. The highest BCUT2D eigenvalue weighted by molar-refractivity contribution is 7.80. The van der Waals surface area contributed by atoms with Crippen LogP contribution in [0.3, 0.4) is 0 Å². The van der Waals surface area contributed by atoms with Gasteiger partial charge in [-0.25, -0.2) is 0 Å². The quantitative estimate of drug-likeness (QED) is 0.863. The van der Waals surface area contributed by atoms with Crippen molar-refractivity contribution in [2.24, 2.45) is 11.7 Å². The van der Waals surface area contributed by atoms with Crippen LogP contribution in [0.25, 0.3) is 0 Å². The molecule has 0 spiro atoms. The summed E-state index contributed by atoms with van der Waals surface area (Å²) in [6, 6.07) is 3.72. The van der Waals surface area contributed by atoms with E-state index in [1.807, 2.05) is 10.6 Å². The molecule has 0 fully saturated rings.